The minimum atomic E-state index is -1.35. The first-order valence-electron chi connectivity index (χ1n) is 5.98. The summed E-state index contributed by atoms with van der Waals surface area (Å²) in [7, 11) is 0. The second-order valence-corrected chi connectivity index (χ2v) is 4.36. The first-order chi connectivity index (χ1) is 9.77. The summed E-state index contributed by atoms with van der Waals surface area (Å²) in [5, 5.41) is 28.1. The fraction of sp³-hybridized carbons (Fsp3) is 0.545. The smallest absolute Gasteiger partial charge is 0.330 e. The third-order valence-electron chi connectivity index (χ3n) is 2.64. The number of carbonyl (C=O) groups excluding carboxylic acids is 1. The SMILES string of the molecule is CC(N)=O.O=c1ccn([C@@H]2O[C@H](CO)[C@@H](O)[C@H]2O)c(=O)[nH]1. The molecule has 0 spiro atoms. The van der Waals surface area contributed by atoms with E-state index < -0.39 is 42.4 Å². The third kappa shape index (κ3) is 4.23. The van der Waals surface area contributed by atoms with Crippen molar-refractivity contribution in [2.75, 3.05) is 6.61 Å². The molecule has 21 heavy (non-hydrogen) atoms. The number of H-pyrrole nitrogens is 1. The van der Waals surface area contributed by atoms with Gasteiger partial charge in [-0.05, 0) is 0 Å². The van der Waals surface area contributed by atoms with Crippen LogP contribution in [0, 0.1) is 0 Å². The van der Waals surface area contributed by atoms with Crippen LogP contribution in [0.5, 0.6) is 0 Å². The van der Waals surface area contributed by atoms with Gasteiger partial charge >= 0.3 is 5.69 Å². The van der Waals surface area contributed by atoms with E-state index in [4.69, 9.17) is 9.84 Å². The number of nitrogens with two attached hydrogens (primary N) is 1. The minimum absolute atomic E-state index is 0.333. The number of aliphatic hydroxyl groups is 3. The Kier molecular flexibility index (Phi) is 5.79. The number of hydrogen-bond donors (Lipinski definition) is 5. The first kappa shape index (κ1) is 17.0. The van der Waals surface area contributed by atoms with Crippen LogP contribution in [0.2, 0.25) is 0 Å². The molecule has 0 bridgehead atoms. The Morgan fingerprint density at radius 1 is 1.43 bits per heavy atom. The van der Waals surface area contributed by atoms with Crippen molar-refractivity contribution >= 4 is 5.91 Å². The highest BCUT2D eigenvalue weighted by molar-refractivity contribution is 5.70. The van der Waals surface area contributed by atoms with Gasteiger partial charge in [0.25, 0.3) is 5.56 Å². The lowest BCUT2D eigenvalue weighted by Gasteiger charge is -2.16. The second-order valence-electron chi connectivity index (χ2n) is 4.36. The largest absolute Gasteiger partial charge is 0.394 e. The molecule has 1 aliphatic heterocycles. The Bertz CT molecular complexity index is 592. The molecule has 1 aliphatic rings. The van der Waals surface area contributed by atoms with E-state index in [-0.39, 0.29) is 5.91 Å². The lowest BCUT2D eigenvalue weighted by molar-refractivity contribution is -0.115. The van der Waals surface area contributed by atoms with E-state index in [2.05, 4.69) is 5.73 Å². The van der Waals surface area contributed by atoms with Crippen molar-refractivity contribution in [2.24, 2.45) is 5.73 Å². The Labute approximate surface area is 118 Å². The van der Waals surface area contributed by atoms with Crippen molar-refractivity contribution < 1.29 is 24.9 Å². The van der Waals surface area contributed by atoms with E-state index in [0.29, 0.717) is 0 Å². The van der Waals surface area contributed by atoms with E-state index >= 15 is 0 Å². The van der Waals surface area contributed by atoms with Gasteiger partial charge in [-0.15, -0.1) is 0 Å². The summed E-state index contributed by atoms with van der Waals surface area (Å²) in [6.45, 7) is 0.826. The molecule has 0 aliphatic carbocycles. The van der Waals surface area contributed by atoms with Crippen LogP contribution in [-0.2, 0) is 9.53 Å². The maximum atomic E-state index is 11.4. The molecule has 1 aromatic rings. The van der Waals surface area contributed by atoms with Gasteiger partial charge < -0.3 is 25.8 Å². The minimum Gasteiger partial charge on any atom is -0.394 e. The highest BCUT2D eigenvalue weighted by Gasteiger charge is 2.43. The van der Waals surface area contributed by atoms with Gasteiger partial charge in [-0.1, -0.05) is 0 Å². The van der Waals surface area contributed by atoms with Crippen LogP contribution in [0.4, 0.5) is 0 Å². The Morgan fingerprint density at radius 3 is 2.43 bits per heavy atom. The second kappa shape index (κ2) is 7.13. The van der Waals surface area contributed by atoms with Gasteiger partial charge in [0.1, 0.15) is 18.3 Å². The summed E-state index contributed by atoms with van der Waals surface area (Å²) in [6.07, 6.45) is -3.58. The number of primary amides is 1. The number of nitrogens with zero attached hydrogens (tertiary/aromatic N) is 1. The summed E-state index contributed by atoms with van der Waals surface area (Å²) in [5.74, 6) is -0.333. The fourth-order valence-corrected chi connectivity index (χ4v) is 1.74. The van der Waals surface area contributed by atoms with E-state index in [1.807, 2.05) is 4.98 Å². The number of nitrogens with one attached hydrogen (secondary N) is 1. The Hall–Kier alpha value is -2.01. The summed E-state index contributed by atoms with van der Waals surface area (Å²) in [6, 6.07) is 1.09. The van der Waals surface area contributed by atoms with Crippen LogP contribution in [-0.4, -0.2) is 55.7 Å². The van der Waals surface area contributed by atoms with E-state index in [1.54, 1.807) is 0 Å². The van der Waals surface area contributed by atoms with Crippen molar-refractivity contribution in [3.63, 3.8) is 0 Å². The molecule has 1 fully saturated rings. The molecule has 0 radical (unpaired) electrons. The monoisotopic (exact) mass is 303 g/mol. The lowest BCUT2D eigenvalue weighted by atomic mass is 10.1. The summed E-state index contributed by atoms with van der Waals surface area (Å²) >= 11 is 0. The number of aromatic amines is 1. The lowest BCUT2D eigenvalue weighted by Crippen LogP contribution is -2.37. The number of carbonyl (C=O) groups is 1. The average Bonchev–Trinajstić information content (AvgIpc) is 2.66. The molecule has 4 atom stereocenters. The number of hydrogen-bond acceptors (Lipinski definition) is 7. The molecule has 10 nitrogen and oxygen atoms in total. The van der Waals surface area contributed by atoms with Crippen molar-refractivity contribution in [1.82, 2.24) is 9.55 Å². The zero-order chi connectivity index (χ0) is 16.2. The number of amides is 1. The van der Waals surface area contributed by atoms with Gasteiger partial charge in [0.15, 0.2) is 6.23 Å². The molecule has 1 amide bonds. The predicted octanol–water partition coefficient (Wildman–Crippen LogP) is -3.36. The molecular weight excluding hydrogens is 286 g/mol. The van der Waals surface area contributed by atoms with Gasteiger partial charge in [-0.25, -0.2) is 4.79 Å². The van der Waals surface area contributed by atoms with Crippen LogP contribution >= 0.6 is 0 Å². The van der Waals surface area contributed by atoms with Gasteiger partial charge in [-0.3, -0.25) is 19.1 Å². The Balaban J connectivity index is 0.000000491. The van der Waals surface area contributed by atoms with Crippen LogP contribution in [0.1, 0.15) is 13.2 Å². The molecule has 2 rings (SSSR count). The standard InChI is InChI=1S/C9H12N2O6.C2H5NO/c12-3-4-6(14)7(15)8(17-4)11-2-1-5(13)10-9(11)16;1-2(3)4/h1-2,4,6-8,12,14-15H,3H2,(H,10,13,16);1H3,(H2,3,4)/t4-,6-,7-,8-;/m1./s1. The van der Waals surface area contributed by atoms with Gasteiger partial charge in [-0.2, -0.15) is 0 Å². The summed E-state index contributed by atoms with van der Waals surface area (Å²) in [5.41, 5.74) is 3.14. The van der Waals surface area contributed by atoms with Gasteiger partial charge in [0.2, 0.25) is 5.91 Å². The fourth-order valence-electron chi connectivity index (χ4n) is 1.74. The quantitative estimate of drug-likeness (QED) is 0.380. The topological polar surface area (TPSA) is 168 Å². The van der Waals surface area contributed by atoms with E-state index in [0.717, 1.165) is 16.8 Å². The van der Waals surface area contributed by atoms with Crippen LogP contribution in [0.3, 0.4) is 0 Å². The normalized spacial score (nSPS) is 27.8. The molecule has 6 N–H and O–H groups in total. The molecule has 0 saturated carbocycles. The number of aromatic nitrogens is 2. The van der Waals surface area contributed by atoms with E-state index in [1.165, 1.54) is 6.92 Å². The average molecular weight is 303 g/mol. The molecule has 0 aromatic carbocycles. The molecule has 10 heteroatoms. The number of rotatable bonds is 2. The highest BCUT2D eigenvalue weighted by atomic mass is 16.6. The van der Waals surface area contributed by atoms with Crippen molar-refractivity contribution in [3.8, 4) is 0 Å². The van der Waals surface area contributed by atoms with Crippen LogP contribution < -0.4 is 17.0 Å². The van der Waals surface area contributed by atoms with Crippen LogP contribution in [0.25, 0.3) is 0 Å². The van der Waals surface area contributed by atoms with E-state index in [9.17, 15) is 24.6 Å². The molecule has 0 unspecified atom stereocenters. The molecular formula is C11H17N3O7. The predicted molar refractivity (Wildman–Crippen MR) is 69.2 cm³/mol. The molecule has 1 aromatic heterocycles. The molecule has 118 valence electrons. The number of ether oxygens (including phenoxy) is 1. The zero-order valence-electron chi connectivity index (χ0n) is 11.2. The highest BCUT2D eigenvalue weighted by Crippen LogP contribution is 2.27. The summed E-state index contributed by atoms with van der Waals surface area (Å²) in [4.78, 5) is 33.5. The molecule has 2 heterocycles. The zero-order valence-corrected chi connectivity index (χ0v) is 11.2. The third-order valence-corrected chi connectivity index (χ3v) is 2.64. The first-order valence-corrected chi connectivity index (χ1v) is 5.98. The van der Waals surface area contributed by atoms with Gasteiger partial charge in [0.05, 0.1) is 6.61 Å². The maximum Gasteiger partial charge on any atom is 0.330 e. The Morgan fingerprint density at radius 2 is 2.00 bits per heavy atom. The van der Waals surface area contributed by atoms with Gasteiger partial charge in [0, 0.05) is 19.2 Å². The number of aliphatic hydroxyl groups excluding tert-OH is 3. The summed E-state index contributed by atoms with van der Waals surface area (Å²) < 4.78 is 6.08. The van der Waals surface area contributed by atoms with Crippen LogP contribution in [0.15, 0.2) is 21.9 Å². The van der Waals surface area contributed by atoms with Crippen molar-refractivity contribution in [3.05, 3.63) is 33.1 Å². The van der Waals surface area contributed by atoms with Crippen molar-refractivity contribution in [2.45, 2.75) is 31.5 Å². The van der Waals surface area contributed by atoms with Crippen molar-refractivity contribution in [1.29, 1.82) is 0 Å². The maximum absolute atomic E-state index is 11.4. The molecule has 1 saturated heterocycles.